The number of benzene rings is 1. The smallest absolute Gasteiger partial charge is 0.134 e. The van der Waals surface area contributed by atoms with Gasteiger partial charge in [-0.3, -0.25) is 0 Å². The molecule has 0 bridgehead atoms. The van der Waals surface area contributed by atoms with E-state index in [1.54, 1.807) is 0 Å². The van der Waals surface area contributed by atoms with Crippen LogP contribution >= 0.6 is 40.7 Å². The van der Waals surface area contributed by atoms with Crippen LogP contribution in [0.3, 0.4) is 0 Å². The SMILES string of the molecule is CNCCCNCc1ccc(-c2ccc(Br)cc2C)o1.Cl.Cl. The highest BCUT2D eigenvalue weighted by molar-refractivity contribution is 9.10. The summed E-state index contributed by atoms with van der Waals surface area (Å²) in [5.41, 5.74) is 2.36. The lowest BCUT2D eigenvalue weighted by Gasteiger charge is -2.04. The van der Waals surface area contributed by atoms with Crippen molar-refractivity contribution in [3.05, 3.63) is 46.1 Å². The quantitative estimate of drug-likeness (QED) is 0.658. The number of furan rings is 1. The highest BCUT2D eigenvalue weighted by Gasteiger charge is 2.07. The van der Waals surface area contributed by atoms with Gasteiger partial charge in [-0.1, -0.05) is 15.9 Å². The summed E-state index contributed by atoms with van der Waals surface area (Å²) in [5.74, 6) is 1.91. The number of hydrogen-bond donors (Lipinski definition) is 2. The van der Waals surface area contributed by atoms with Crippen LogP contribution in [0.2, 0.25) is 0 Å². The molecular formula is C16H23BrCl2N2O. The Bertz CT molecular complexity index is 561. The Labute approximate surface area is 153 Å². The van der Waals surface area contributed by atoms with Gasteiger partial charge in [0.15, 0.2) is 0 Å². The lowest BCUT2D eigenvalue weighted by Crippen LogP contribution is -2.19. The third-order valence-electron chi connectivity index (χ3n) is 3.20. The molecule has 0 aliphatic heterocycles. The number of halogens is 3. The maximum absolute atomic E-state index is 5.90. The van der Waals surface area contributed by atoms with Crippen LogP contribution in [-0.2, 0) is 6.54 Å². The van der Waals surface area contributed by atoms with Crippen molar-refractivity contribution < 1.29 is 4.42 Å². The molecule has 2 aromatic rings. The Morgan fingerprint density at radius 2 is 1.86 bits per heavy atom. The zero-order valence-electron chi connectivity index (χ0n) is 12.8. The highest BCUT2D eigenvalue weighted by Crippen LogP contribution is 2.27. The molecule has 1 aromatic carbocycles. The maximum Gasteiger partial charge on any atom is 0.134 e. The largest absolute Gasteiger partial charge is 0.460 e. The van der Waals surface area contributed by atoms with E-state index in [-0.39, 0.29) is 24.8 Å². The van der Waals surface area contributed by atoms with Crippen molar-refractivity contribution in [2.24, 2.45) is 0 Å². The van der Waals surface area contributed by atoms with E-state index in [1.807, 2.05) is 25.2 Å². The summed E-state index contributed by atoms with van der Waals surface area (Å²) in [4.78, 5) is 0. The lowest BCUT2D eigenvalue weighted by atomic mass is 10.1. The molecule has 6 heteroatoms. The van der Waals surface area contributed by atoms with Crippen LogP contribution < -0.4 is 10.6 Å². The van der Waals surface area contributed by atoms with E-state index in [9.17, 15) is 0 Å². The van der Waals surface area contributed by atoms with Crippen LogP contribution in [0, 0.1) is 6.92 Å². The second-order valence-corrected chi connectivity index (χ2v) is 5.77. The van der Waals surface area contributed by atoms with Gasteiger partial charge in [0.05, 0.1) is 6.54 Å². The van der Waals surface area contributed by atoms with E-state index < -0.39 is 0 Å². The first-order chi connectivity index (χ1) is 9.70. The maximum atomic E-state index is 5.90. The zero-order valence-corrected chi connectivity index (χ0v) is 16.0. The summed E-state index contributed by atoms with van der Waals surface area (Å²) in [6, 6.07) is 10.3. The topological polar surface area (TPSA) is 37.2 Å². The van der Waals surface area contributed by atoms with Crippen LogP contribution in [0.15, 0.2) is 39.2 Å². The average molecular weight is 410 g/mol. The first-order valence-electron chi connectivity index (χ1n) is 6.91. The van der Waals surface area contributed by atoms with E-state index in [0.717, 1.165) is 47.6 Å². The normalized spacial score (nSPS) is 9.95. The van der Waals surface area contributed by atoms with E-state index in [4.69, 9.17) is 4.42 Å². The first kappa shape index (κ1) is 21.5. The minimum Gasteiger partial charge on any atom is -0.460 e. The standard InChI is InChI=1S/C16H21BrN2O.2ClH/c1-12-10-13(17)4-6-15(12)16-7-5-14(20-16)11-19-9-3-8-18-2;;/h4-7,10,18-19H,3,8-9,11H2,1-2H3;2*1H. The van der Waals surface area contributed by atoms with E-state index in [2.05, 4.69) is 45.6 Å². The Hall–Kier alpha value is -0.520. The van der Waals surface area contributed by atoms with Gasteiger partial charge in [-0.2, -0.15) is 0 Å². The van der Waals surface area contributed by atoms with Gasteiger partial charge in [-0.05, 0) is 69.4 Å². The van der Waals surface area contributed by atoms with Crippen molar-refractivity contribution in [1.82, 2.24) is 10.6 Å². The van der Waals surface area contributed by atoms with Crippen LogP contribution in [0.5, 0.6) is 0 Å². The second kappa shape index (κ2) is 11.1. The van der Waals surface area contributed by atoms with E-state index >= 15 is 0 Å². The predicted molar refractivity (Wildman–Crippen MR) is 101 cm³/mol. The van der Waals surface area contributed by atoms with Gasteiger partial charge in [0.25, 0.3) is 0 Å². The van der Waals surface area contributed by atoms with Crippen LogP contribution in [0.25, 0.3) is 11.3 Å². The number of rotatable bonds is 7. The van der Waals surface area contributed by atoms with Crippen molar-refractivity contribution in [1.29, 1.82) is 0 Å². The van der Waals surface area contributed by atoms with Crippen LogP contribution in [0.4, 0.5) is 0 Å². The molecule has 0 saturated carbocycles. The molecule has 0 amide bonds. The number of hydrogen-bond acceptors (Lipinski definition) is 3. The minimum absolute atomic E-state index is 0. The summed E-state index contributed by atoms with van der Waals surface area (Å²) in [6.45, 7) is 4.90. The molecule has 0 saturated heterocycles. The molecule has 1 heterocycles. The summed E-state index contributed by atoms with van der Waals surface area (Å²) in [5, 5.41) is 6.52. The van der Waals surface area contributed by atoms with Crippen molar-refractivity contribution >= 4 is 40.7 Å². The predicted octanol–water partition coefficient (Wildman–Crippen LogP) is 4.56. The Morgan fingerprint density at radius 1 is 1.09 bits per heavy atom. The van der Waals surface area contributed by atoms with Crippen molar-refractivity contribution in [2.45, 2.75) is 19.9 Å². The molecule has 0 aliphatic carbocycles. The van der Waals surface area contributed by atoms with Crippen molar-refractivity contribution in [3.8, 4) is 11.3 Å². The van der Waals surface area contributed by atoms with Gasteiger partial charge >= 0.3 is 0 Å². The van der Waals surface area contributed by atoms with Gasteiger partial charge in [0.1, 0.15) is 11.5 Å². The molecule has 124 valence electrons. The zero-order chi connectivity index (χ0) is 14.4. The number of aryl methyl sites for hydroxylation is 1. The van der Waals surface area contributed by atoms with Crippen molar-refractivity contribution in [3.63, 3.8) is 0 Å². The fourth-order valence-electron chi connectivity index (χ4n) is 2.12. The summed E-state index contributed by atoms with van der Waals surface area (Å²) >= 11 is 3.48. The second-order valence-electron chi connectivity index (χ2n) is 4.86. The van der Waals surface area contributed by atoms with Crippen LogP contribution in [-0.4, -0.2) is 20.1 Å². The molecular weight excluding hydrogens is 387 g/mol. The highest BCUT2D eigenvalue weighted by atomic mass is 79.9. The Balaban J connectivity index is 0.00000220. The fourth-order valence-corrected chi connectivity index (χ4v) is 2.60. The first-order valence-corrected chi connectivity index (χ1v) is 7.70. The molecule has 0 unspecified atom stereocenters. The molecule has 3 nitrogen and oxygen atoms in total. The number of nitrogens with one attached hydrogen (secondary N) is 2. The van der Waals surface area contributed by atoms with E-state index in [0.29, 0.717) is 0 Å². The van der Waals surface area contributed by atoms with Crippen molar-refractivity contribution in [2.75, 3.05) is 20.1 Å². The average Bonchev–Trinajstić information content (AvgIpc) is 2.87. The Kier molecular flexibility index (Phi) is 10.8. The molecule has 1 aromatic heterocycles. The summed E-state index contributed by atoms with van der Waals surface area (Å²) in [7, 11) is 1.97. The summed E-state index contributed by atoms with van der Waals surface area (Å²) < 4.78 is 7.00. The van der Waals surface area contributed by atoms with Gasteiger partial charge in [0.2, 0.25) is 0 Å². The van der Waals surface area contributed by atoms with Gasteiger partial charge in [-0.25, -0.2) is 0 Å². The lowest BCUT2D eigenvalue weighted by molar-refractivity contribution is 0.489. The van der Waals surface area contributed by atoms with Crippen LogP contribution in [0.1, 0.15) is 17.7 Å². The van der Waals surface area contributed by atoms with Gasteiger partial charge < -0.3 is 15.1 Å². The molecule has 0 fully saturated rings. The van der Waals surface area contributed by atoms with Gasteiger partial charge in [0, 0.05) is 10.0 Å². The molecule has 0 atom stereocenters. The molecule has 0 radical (unpaired) electrons. The van der Waals surface area contributed by atoms with E-state index in [1.165, 1.54) is 5.56 Å². The fraction of sp³-hybridized carbons (Fsp3) is 0.375. The third-order valence-corrected chi connectivity index (χ3v) is 3.69. The third kappa shape index (κ3) is 6.31. The molecule has 0 aliphatic rings. The summed E-state index contributed by atoms with van der Waals surface area (Å²) in [6.07, 6.45) is 1.12. The monoisotopic (exact) mass is 408 g/mol. The molecule has 2 rings (SSSR count). The Morgan fingerprint density at radius 3 is 2.55 bits per heavy atom. The molecule has 0 spiro atoms. The minimum atomic E-state index is 0. The molecule has 22 heavy (non-hydrogen) atoms. The molecule has 2 N–H and O–H groups in total. The van der Waals surface area contributed by atoms with Gasteiger partial charge in [-0.15, -0.1) is 24.8 Å².